The van der Waals surface area contributed by atoms with Crippen LogP contribution in [0.15, 0.2) is 46.0 Å². The van der Waals surface area contributed by atoms with Gasteiger partial charge in [-0.05, 0) is 17.7 Å². The smallest absolute Gasteiger partial charge is 0.231 e. The van der Waals surface area contributed by atoms with Crippen molar-refractivity contribution in [3.8, 4) is 0 Å². The van der Waals surface area contributed by atoms with E-state index < -0.39 is 11.1 Å². The molecule has 0 saturated carbocycles. The van der Waals surface area contributed by atoms with E-state index in [0.29, 0.717) is 40.7 Å². The van der Waals surface area contributed by atoms with Crippen LogP contribution in [-0.4, -0.2) is 48.6 Å². The second-order valence-corrected chi connectivity index (χ2v) is 7.81. The first kappa shape index (κ1) is 17.2. The fraction of sp³-hybridized carbons (Fsp3) is 0.333. The first-order chi connectivity index (χ1) is 12.5. The summed E-state index contributed by atoms with van der Waals surface area (Å²) < 4.78 is 34.7. The van der Waals surface area contributed by atoms with Crippen LogP contribution >= 0.6 is 11.8 Å². The van der Waals surface area contributed by atoms with Gasteiger partial charge in [0, 0.05) is 12.3 Å². The molecule has 11 heteroatoms. The van der Waals surface area contributed by atoms with E-state index in [2.05, 4.69) is 21.9 Å². The van der Waals surface area contributed by atoms with Gasteiger partial charge in [0.2, 0.25) is 6.79 Å². The molecule has 2 atom stereocenters. The van der Waals surface area contributed by atoms with Crippen molar-refractivity contribution in [1.82, 2.24) is 9.55 Å². The Labute approximate surface area is 156 Å². The van der Waals surface area contributed by atoms with E-state index in [1.165, 1.54) is 11.8 Å². The van der Waals surface area contributed by atoms with Crippen molar-refractivity contribution in [2.24, 2.45) is 10.7 Å². The molecule has 3 heterocycles. The summed E-state index contributed by atoms with van der Waals surface area (Å²) in [6.45, 7) is 4.86. The van der Waals surface area contributed by atoms with E-state index in [1.807, 2.05) is 16.7 Å². The minimum absolute atomic E-state index is 0.0250. The lowest BCUT2D eigenvalue weighted by atomic mass is 10.1. The van der Waals surface area contributed by atoms with Crippen LogP contribution in [0.5, 0.6) is 0 Å². The first-order valence-electron chi connectivity index (χ1n) is 7.78. The number of fused-ring (bicyclic) bond motifs is 2. The van der Waals surface area contributed by atoms with E-state index in [1.54, 1.807) is 0 Å². The van der Waals surface area contributed by atoms with E-state index in [0.717, 1.165) is 5.57 Å². The van der Waals surface area contributed by atoms with Gasteiger partial charge >= 0.3 is 0 Å². The highest BCUT2D eigenvalue weighted by Crippen LogP contribution is 2.38. The van der Waals surface area contributed by atoms with Gasteiger partial charge in [-0.15, -0.1) is 0 Å². The van der Waals surface area contributed by atoms with Crippen molar-refractivity contribution in [2.75, 3.05) is 24.5 Å². The molecule has 26 heavy (non-hydrogen) atoms. The van der Waals surface area contributed by atoms with Gasteiger partial charge in [-0.1, -0.05) is 29.4 Å². The fourth-order valence-corrected chi connectivity index (χ4v) is 4.21. The number of ether oxygens (including phenoxy) is 2. The van der Waals surface area contributed by atoms with Crippen molar-refractivity contribution < 1.29 is 18.2 Å². The summed E-state index contributed by atoms with van der Waals surface area (Å²) in [7, 11) is 0. The summed E-state index contributed by atoms with van der Waals surface area (Å²) in [6.07, 6.45) is 3.76. The highest BCUT2D eigenvalue weighted by atomic mass is 32.2. The van der Waals surface area contributed by atoms with E-state index in [-0.39, 0.29) is 24.3 Å². The highest BCUT2D eigenvalue weighted by Gasteiger charge is 2.29. The van der Waals surface area contributed by atoms with Gasteiger partial charge in [-0.25, -0.2) is 9.98 Å². The Morgan fingerprint density at radius 3 is 3.12 bits per heavy atom. The van der Waals surface area contributed by atoms with Gasteiger partial charge in [0.1, 0.15) is 24.0 Å². The van der Waals surface area contributed by atoms with Crippen LogP contribution in [0.25, 0.3) is 0 Å². The van der Waals surface area contributed by atoms with Crippen molar-refractivity contribution in [3.63, 3.8) is 0 Å². The Morgan fingerprint density at radius 2 is 2.31 bits per heavy atom. The number of allylic oxidation sites excluding steroid dienone is 1. The number of nitrogens with two attached hydrogens (primary N) is 1. The molecule has 2 unspecified atom stereocenters. The van der Waals surface area contributed by atoms with Crippen LogP contribution in [0.2, 0.25) is 0 Å². The number of aromatic nitrogens is 2. The maximum Gasteiger partial charge on any atom is 0.231 e. The number of amidine groups is 1. The van der Waals surface area contributed by atoms with Crippen molar-refractivity contribution in [3.05, 3.63) is 41.5 Å². The summed E-state index contributed by atoms with van der Waals surface area (Å²) in [5.74, 6) is 2.34. The summed E-state index contributed by atoms with van der Waals surface area (Å²) in [5, 5.41) is 3.63. The van der Waals surface area contributed by atoms with Gasteiger partial charge in [0.25, 0.3) is 0 Å². The third-order valence-corrected chi connectivity index (χ3v) is 5.77. The molecule has 0 radical (unpaired) electrons. The number of rotatable bonds is 5. The van der Waals surface area contributed by atoms with Gasteiger partial charge in [-0.2, -0.15) is 0 Å². The Bertz CT molecular complexity index is 889. The predicted molar refractivity (Wildman–Crippen MR) is 97.2 cm³/mol. The monoisotopic (exact) mass is 394 g/mol. The molecule has 1 aromatic heterocycles. The minimum atomic E-state index is -2.16. The first-order valence-corrected chi connectivity index (χ1v) is 9.91. The number of nitrogens with zero attached hydrogens (tertiary/aromatic N) is 3. The molecule has 4 rings (SSSR count). The van der Waals surface area contributed by atoms with Crippen LogP contribution in [0.1, 0.15) is 5.69 Å². The average Bonchev–Trinajstić information content (AvgIpc) is 3.18. The van der Waals surface area contributed by atoms with Gasteiger partial charge < -0.3 is 29.6 Å². The maximum absolute atomic E-state index is 11.0. The van der Waals surface area contributed by atoms with Crippen LogP contribution in [0.4, 0.5) is 5.82 Å². The molecule has 3 aliphatic rings. The number of imidazole rings is 1. The predicted octanol–water partition coefficient (Wildman–Crippen LogP) is 0.653. The molecule has 3 N–H and O–H groups in total. The zero-order chi connectivity index (χ0) is 18.3. The van der Waals surface area contributed by atoms with Crippen molar-refractivity contribution >= 4 is 34.5 Å². The molecule has 138 valence electrons. The Kier molecular flexibility index (Phi) is 4.51. The van der Waals surface area contributed by atoms with E-state index >= 15 is 0 Å². The number of anilines is 1. The molecule has 0 bridgehead atoms. The molecule has 9 nitrogen and oxygen atoms in total. The Hall–Kier alpha value is -2.24. The molecule has 1 saturated heterocycles. The zero-order valence-corrected chi connectivity index (χ0v) is 15.3. The maximum atomic E-state index is 11.0. The summed E-state index contributed by atoms with van der Waals surface area (Å²) >= 11 is -0.718. The fourth-order valence-electron chi connectivity index (χ4n) is 2.79. The quantitative estimate of drug-likeness (QED) is 0.697. The second kappa shape index (κ2) is 6.82. The third-order valence-electron chi connectivity index (χ3n) is 4.04. The summed E-state index contributed by atoms with van der Waals surface area (Å²) in [4.78, 5) is 8.69. The van der Waals surface area contributed by atoms with Crippen LogP contribution in [0.3, 0.4) is 0 Å². The minimum Gasteiger partial charge on any atom is -0.772 e. The zero-order valence-electron chi connectivity index (χ0n) is 13.6. The Balaban J connectivity index is 1.65. The molecule has 0 amide bonds. The average molecular weight is 394 g/mol. The number of hydrogen-bond donors (Lipinski definition) is 2. The second-order valence-electron chi connectivity index (χ2n) is 5.69. The van der Waals surface area contributed by atoms with Crippen molar-refractivity contribution in [2.45, 2.75) is 17.0 Å². The summed E-state index contributed by atoms with van der Waals surface area (Å²) in [6, 6.07) is 0. The normalized spacial score (nSPS) is 22.1. The molecular weight excluding hydrogens is 378 g/mol. The number of nitrogens with one attached hydrogen (secondary N) is 1. The molecule has 0 spiro atoms. The number of aliphatic imine (C=N–C) groups is 1. The Morgan fingerprint density at radius 1 is 1.50 bits per heavy atom. The van der Waals surface area contributed by atoms with E-state index in [9.17, 15) is 8.76 Å². The lowest BCUT2D eigenvalue weighted by Gasteiger charge is -2.19. The van der Waals surface area contributed by atoms with Gasteiger partial charge in [-0.3, -0.25) is 4.21 Å². The molecule has 0 aromatic carbocycles. The third kappa shape index (κ3) is 3.13. The highest BCUT2D eigenvalue weighted by molar-refractivity contribution is 8.00. The number of thioether (sulfide) groups is 1. The molecular formula is C15H16N5O4S2-. The molecule has 1 aromatic rings. The van der Waals surface area contributed by atoms with Gasteiger partial charge in [0.05, 0.1) is 5.25 Å². The summed E-state index contributed by atoms with van der Waals surface area (Å²) in [5.41, 5.74) is 7.31. The van der Waals surface area contributed by atoms with E-state index in [4.69, 9.17) is 15.2 Å². The molecule has 1 fully saturated rings. The number of hydrogen-bond acceptors (Lipinski definition) is 9. The van der Waals surface area contributed by atoms with Crippen LogP contribution < -0.4 is 11.1 Å². The largest absolute Gasteiger partial charge is 0.772 e. The van der Waals surface area contributed by atoms with Crippen LogP contribution in [0, 0.1) is 0 Å². The standard InChI is InChI=1S/C15H17N5O4S2/c1-8-4-9-10(24-7-23-9)5-11(8)25-15-19-12-13(16)17-6-18-14(12)20(15)2-3-26(21)22/h4-5,11,18H,1-3,6-7H2,(H2,16,17)(H,21,22)/p-1. The molecule has 1 aliphatic carbocycles. The van der Waals surface area contributed by atoms with Crippen LogP contribution in [-0.2, 0) is 27.1 Å². The lowest BCUT2D eigenvalue weighted by Crippen LogP contribution is -2.24. The van der Waals surface area contributed by atoms with Gasteiger partial charge in [0.15, 0.2) is 16.7 Å². The topological polar surface area (TPSA) is 127 Å². The van der Waals surface area contributed by atoms with Crippen molar-refractivity contribution in [1.29, 1.82) is 0 Å². The molecule has 2 aliphatic heterocycles. The lowest BCUT2D eigenvalue weighted by molar-refractivity contribution is 0.0978. The SMILES string of the molecule is C=C1C=C2OCOC2=CC1Sc1nc2c(n1CCS(=O)[O-])NCN=C2N.